The van der Waals surface area contributed by atoms with E-state index in [-0.39, 0.29) is 11.7 Å². The van der Waals surface area contributed by atoms with Crippen molar-refractivity contribution in [3.63, 3.8) is 0 Å². The van der Waals surface area contributed by atoms with Crippen LogP contribution in [0.1, 0.15) is 34.5 Å². The Bertz CT molecular complexity index is 977. The van der Waals surface area contributed by atoms with E-state index in [9.17, 15) is 18.0 Å². The highest BCUT2D eigenvalue weighted by molar-refractivity contribution is 7.14. The number of thiophene rings is 1. The van der Waals surface area contributed by atoms with Crippen molar-refractivity contribution >= 4 is 23.1 Å². The van der Waals surface area contributed by atoms with Crippen LogP contribution in [0.2, 0.25) is 0 Å². The maximum Gasteiger partial charge on any atom is 0.416 e. The van der Waals surface area contributed by atoms with Gasteiger partial charge in [-0.3, -0.25) is 0 Å². The number of nitrogens with zero attached hydrogens (tertiary/aromatic N) is 1. The first kappa shape index (κ1) is 20.0. The van der Waals surface area contributed by atoms with E-state index < -0.39 is 17.8 Å². The first-order valence-electron chi connectivity index (χ1n) is 8.65. The van der Waals surface area contributed by atoms with Crippen molar-refractivity contribution in [3.8, 4) is 5.00 Å². The predicted molar refractivity (Wildman–Crippen MR) is 105 cm³/mol. The Morgan fingerprint density at radius 2 is 1.82 bits per heavy atom. The number of urea groups is 1. The number of carbonyl (C=O) groups is 1. The fourth-order valence-electron chi connectivity index (χ4n) is 3.01. The van der Waals surface area contributed by atoms with Crippen LogP contribution < -0.4 is 10.6 Å². The summed E-state index contributed by atoms with van der Waals surface area (Å²) in [6.45, 7) is 5.87. The van der Waals surface area contributed by atoms with Crippen LogP contribution in [0.5, 0.6) is 0 Å². The highest BCUT2D eigenvalue weighted by Crippen LogP contribution is 2.35. The summed E-state index contributed by atoms with van der Waals surface area (Å²) in [5.41, 5.74) is 1.35. The molecule has 2 N–H and O–H groups in total. The average Bonchev–Trinajstić information content (AvgIpc) is 3.23. The van der Waals surface area contributed by atoms with E-state index >= 15 is 0 Å². The number of carbonyl (C=O) groups excluding carboxylic acids is 1. The molecule has 0 radical (unpaired) electrons. The number of hydrogen-bond acceptors (Lipinski definition) is 2. The first-order valence-corrected chi connectivity index (χ1v) is 9.46. The summed E-state index contributed by atoms with van der Waals surface area (Å²) in [5.74, 6) is 0. The molecule has 3 aromatic rings. The second kappa shape index (κ2) is 7.71. The third kappa shape index (κ3) is 4.22. The van der Waals surface area contributed by atoms with E-state index in [0.29, 0.717) is 0 Å². The van der Waals surface area contributed by atoms with Crippen molar-refractivity contribution in [1.29, 1.82) is 0 Å². The van der Waals surface area contributed by atoms with E-state index in [1.165, 1.54) is 12.1 Å². The SMILES string of the molecule is Cc1sc(-n2cccc2)c([C@@H](C)NC(=O)Nc2cccc(C(F)(F)F)c2)c1C. The number of aromatic nitrogens is 1. The van der Waals surface area contributed by atoms with Crippen molar-refractivity contribution in [2.45, 2.75) is 33.0 Å². The molecule has 3 rings (SSSR count). The molecule has 0 aliphatic carbocycles. The Labute approximate surface area is 165 Å². The molecule has 0 bridgehead atoms. The molecule has 0 fully saturated rings. The topological polar surface area (TPSA) is 46.1 Å². The van der Waals surface area contributed by atoms with E-state index in [2.05, 4.69) is 10.6 Å². The summed E-state index contributed by atoms with van der Waals surface area (Å²) in [5, 5.41) is 6.31. The molecule has 2 amide bonds. The zero-order chi connectivity index (χ0) is 20.5. The van der Waals surface area contributed by atoms with Gasteiger partial charge in [0.2, 0.25) is 0 Å². The van der Waals surface area contributed by atoms with E-state index in [0.717, 1.165) is 33.1 Å². The lowest BCUT2D eigenvalue weighted by molar-refractivity contribution is -0.137. The third-order valence-electron chi connectivity index (χ3n) is 4.48. The van der Waals surface area contributed by atoms with Crippen LogP contribution >= 0.6 is 11.3 Å². The molecule has 1 aromatic carbocycles. The van der Waals surface area contributed by atoms with Crippen LogP contribution in [0.25, 0.3) is 5.00 Å². The van der Waals surface area contributed by atoms with Gasteiger partial charge < -0.3 is 15.2 Å². The molecule has 8 heteroatoms. The second-order valence-corrected chi connectivity index (χ2v) is 7.69. The van der Waals surface area contributed by atoms with Gasteiger partial charge in [0.1, 0.15) is 5.00 Å². The number of halogens is 3. The molecule has 0 saturated heterocycles. The van der Waals surface area contributed by atoms with Gasteiger partial charge in [-0.15, -0.1) is 11.3 Å². The number of nitrogens with one attached hydrogen (secondary N) is 2. The minimum Gasteiger partial charge on any atom is -0.331 e. The maximum absolute atomic E-state index is 12.8. The Hall–Kier alpha value is -2.74. The predicted octanol–water partition coefficient (Wildman–Crippen LogP) is 6.06. The van der Waals surface area contributed by atoms with E-state index in [1.807, 2.05) is 49.9 Å². The van der Waals surface area contributed by atoms with Gasteiger partial charge in [0, 0.05) is 28.5 Å². The molecule has 0 saturated carbocycles. The minimum atomic E-state index is -4.46. The van der Waals surface area contributed by atoms with Gasteiger partial charge in [-0.25, -0.2) is 4.79 Å². The summed E-state index contributed by atoms with van der Waals surface area (Å²) in [6.07, 6.45) is -0.592. The van der Waals surface area contributed by atoms with Crippen molar-refractivity contribution in [2.75, 3.05) is 5.32 Å². The molecule has 1 atom stereocenters. The molecule has 0 aliphatic rings. The number of hydrogen-bond donors (Lipinski definition) is 2. The molecule has 0 unspecified atom stereocenters. The number of rotatable bonds is 4. The number of benzene rings is 1. The molecule has 148 valence electrons. The second-order valence-electron chi connectivity index (χ2n) is 6.49. The van der Waals surface area contributed by atoms with Crippen molar-refractivity contribution in [2.24, 2.45) is 0 Å². The molecule has 2 heterocycles. The zero-order valence-corrected chi connectivity index (χ0v) is 16.4. The van der Waals surface area contributed by atoms with Crippen molar-refractivity contribution in [3.05, 3.63) is 70.4 Å². The Morgan fingerprint density at radius 3 is 2.46 bits per heavy atom. The third-order valence-corrected chi connectivity index (χ3v) is 5.72. The molecule has 0 spiro atoms. The molecule has 4 nitrogen and oxygen atoms in total. The number of alkyl halides is 3. The number of anilines is 1. The molecule has 28 heavy (non-hydrogen) atoms. The largest absolute Gasteiger partial charge is 0.416 e. The van der Waals surface area contributed by atoms with Crippen LogP contribution in [-0.4, -0.2) is 10.6 Å². The summed E-state index contributed by atoms with van der Waals surface area (Å²) >= 11 is 1.63. The summed E-state index contributed by atoms with van der Waals surface area (Å²) in [4.78, 5) is 13.5. The standard InChI is InChI=1S/C20H20F3N3OS/c1-12-14(3)28-18(26-9-4-5-10-26)17(12)13(2)24-19(27)25-16-8-6-7-15(11-16)20(21,22)23/h4-11,13H,1-3H3,(H2,24,25,27)/t13-/m1/s1. The van der Waals surface area contributed by atoms with Gasteiger partial charge in [-0.1, -0.05) is 6.07 Å². The summed E-state index contributed by atoms with van der Waals surface area (Å²) in [7, 11) is 0. The van der Waals surface area contributed by atoms with Gasteiger partial charge >= 0.3 is 12.2 Å². The van der Waals surface area contributed by atoms with Gasteiger partial charge in [-0.2, -0.15) is 13.2 Å². The minimum absolute atomic E-state index is 0.0865. The van der Waals surface area contributed by atoms with Crippen LogP contribution in [0.3, 0.4) is 0 Å². The van der Waals surface area contributed by atoms with Crippen LogP contribution in [0.4, 0.5) is 23.7 Å². The molecular weight excluding hydrogens is 387 g/mol. The van der Waals surface area contributed by atoms with Crippen LogP contribution in [0.15, 0.2) is 48.8 Å². The fraction of sp³-hybridized carbons (Fsp3) is 0.250. The van der Waals surface area contributed by atoms with Crippen molar-refractivity contribution in [1.82, 2.24) is 9.88 Å². The average molecular weight is 407 g/mol. The van der Waals surface area contributed by atoms with Gasteiger partial charge in [0.05, 0.1) is 11.6 Å². The summed E-state index contributed by atoms with van der Waals surface area (Å²) < 4.78 is 40.5. The smallest absolute Gasteiger partial charge is 0.331 e. The lowest BCUT2D eigenvalue weighted by Gasteiger charge is -2.18. The van der Waals surface area contributed by atoms with Crippen LogP contribution in [-0.2, 0) is 6.18 Å². The van der Waals surface area contributed by atoms with E-state index in [1.54, 1.807) is 11.3 Å². The van der Waals surface area contributed by atoms with Crippen molar-refractivity contribution < 1.29 is 18.0 Å². The zero-order valence-electron chi connectivity index (χ0n) is 15.6. The van der Waals surface area contributed by atoms with Gasteiger partial charge in [0.15, 0.2) is 0 Å². The maximum atomic E-state index is 12.8. The lowest BCUT2D eigenvalue weighted by Crippen LogP contribution is -2.31. The van der Waals surface area contributed by atoms with Gasteiger partial charge in [-0.05, 0) is 56.7 Å². The molecular formula is C20H20F3N3OS. The van der Waals surface area contributed by atoms with Crippen LogP contribution in [0, 0.1) is 13.8 Å². The Morgan fingerprint density at radius 1 is 1.14 bits per heavy atom. The Balaban J connectivity index is 1.77. The number of aryl methyl sites for hydroxylation is 1. The van der Waals surface area contributed by atoms with E-state index in [4.69, 9.17) is 0 Å². The van der Waals surface area contributed by atoms with Gasteiger partial charge in [0.25, 0.3) is 0 Å². The lowest BCUT2D eigenvalue weighted by atomic mass is 10.1. The Kier molecular flexibility index (Phi) is 5.51. The first-order chi connectivity index (χ1) is 13.2. The molecule has 2 aromatic heterocycles. The highest BCUT2D eigenvalue weighted by Gasteiger charge is 2.30. The highest BCUT2D eigenvalue weighted by atomic mass is 32.1. The molecule has 0 aliphatic heterocycles. The monoisotopic (exact) mass is 407 g/mol. The summed E-state index contributed by atoms with van der Waals surface area (Å²) in [6, 6.07) is 7.52. The quantitative estimate of drug-likeness (QED) is 0.543. The fourth-order valence-corrected chi connectivity index (χ4v) is 4.23. The normalized spacial score (nSPS) is 12.6. The number of amides is 2.